The van der Waals surface area contributed by atoms with Gasteiger partial charge in [-0.3, -0.25) is 9.69 Å². The summed E-state index contributed by atoms with van der Waals surface area (Å²) in [7, 11) is -3.98. The van der Waals surface area contributed by atoms with Crippen molar-refractivity contribution < 1.29 is 13.2 Å². The number of nitrogens with zero attached hydrogens (tertiary/aromatic N) is 1. The predicted octanol–water partition coefficient (Wildman–Crippen LogP) is 2.39. The topological polar surface area (TPSA) is 92.5 Å². The molecule has 0 saturated carbocycles. The largest absolute Gasteiger partial charge is 0.368 e. The average molecular weight is 408 g/mol. The molecule has 1 heterocycles. The first-order valence-electron chi connectivity index (χ1n) is 8.13. The number of sulfonamides is 1. The number of carbonyl (C=O) groups excluding carboxylic acids is 1. The van der Waals surface area contributed by atoms with Crippen LogP contribution in [-0.4, -0.2) is 43.9 Å². The van der Waals surface area contributed by atoms with E-state index in [4.69, 9.17) is 28.9 Å². The van der Waals surface area contributed by atoms with Crippen LogP contribution in [0.25, 0.3) is 0 Å². The van der Waals surface area contributed by atoms with Crippen molar-refractivity contribution in [2.24, 2.45) is 5.73 Å². The lowest BCUT2D eigenvalue weighted by molar-refractivity contribution is -0.120. The molecule has 1 amide bonds. The van der Waals surface area contributed by atoms with E-state index in [1.54, 1.807) is 0 Å². The molecule has 1 saturated heterocycles. The maximum absolute atomic E-state index is 12.6. The number of hydrogen-bond donors (Lipinski definition) is 2. The van der Waals surface area contributed by atoms with Crippen molar-refractivity contribution in [2.75, 3.05) is 6.54 Å². The molecule has 1 fully saturated rings. The van der Waals surface area contributed by atoms with Gasteiger partial charge >= 0.3 is 0 Å². The normalized spacial score (nSPS) is 23.4. The third kappa shape index (κ3) is 5.31. The summed E-state index contributed by atoms with van der Waals surface area (Å²) in [6.45, 7) is 4.36. The Labute approximate surface area is 158 Å². The molecule has 2 rings (SSSR count). The van der Waals surface area contributed by atoms with Gasteiger partial charge in [0.15, 0.2) is 0 Å². The van der Waals surface area contributed by atoms with Gasteiger partial charge in [0.25, 0.3) is 0 Å². The highest BCUT2D eigenvalue weighted by molar-refractivity contribution is 7.89. The first kappa shape index (κ1) is 20.5. The number of hydrogen-bond acceptors (Lipinski definition) is 4. The molecule has 1 aliphatic heterocycles. The zero-order valence-electron chi connectivity index (χ0n) is 14.2. The number of halogens is 2. The van der Waals surface area contributed by atoms with Crippen LogP contribution < -0.4 is 10.5 Å². The van der Waals surface area contributed by atoms with E-state index in [2.05, 4.69) is 23.5 Å². The van der Waals surface area contributed by atoms with E-state index in [9.17, 15) is 13.2 Å². The fourth-order valence-corrected chi connectivity index (χ4v) is 5.09. The van der Waals surface area contributed by atoms with Crippen molar-refractivity contribution in [3.05, 3.63) is 28.2 Å². The van der Waals surface area contributed by atoms with Crippen molar-refractivity contribution in [1.29, 1.82) is 0 Å². The molecule has 0 radical (unpaired) electrons. The predicted molar refractivity (Wildman–Crippen MR) is 99.2 cm³/mol. The standard InChI is InChI=1S/C16H23Cl2N3O3S/c1-10-4-3-5-11(2)21(10)9-15(16(19)22)20-25(23,24)14-7-12(17)6-13(18)8-14/h6-8,10-11,15,20H,3-5,9H2,1-2H3,(H2,19,22)/t10-,11+,15-/m1/s1. The lowest BCUT2D eigenvalue weighted by atomic mass is 9.97. The molecule has 6 nitrogen and oxygen atoms in total. The van der Waals surface area contributed by atoms with E-state index in [0.717, 1.165) is 19.3 Å². The third-order valence-corrected chi connectivity index (χ3v) is 6.44. The SMILES string of the molecule is C[C@@H]1CCC[C@H](C)N1C[C@@H](NS(=O)(=O)c1cc(Cl)cc(Cl)c1)C(N)=O. The number of nitrogens with one attached hydrogen (secondary N) is 1. The van der Waals surface area contributed by atoms with Crippen LogP contribution in [0.5, 0.6) is 0 Å². The molecule has 0 unspecified atom stereocenters. The summed E-state index contributed by atoms with van der Waals surface area (Å²) in [5.41, 5.74) is 5.45. The second-order valence-corrected chi connectivity index (χ2v) is 9.09. The molecular weight excluding hydrogens is 385 g/mol. The van der Waals surface area contributed by atoms with Gasteiger partial charge < -0.3 is 5.73 Å². The number of nitrogens with two attached hydrogens (primary N) is 1. The number of primary amides is 1. The number of likely N-dealkylation sites (tertiary alicyclic amines) is 1. The van der Waals surface area contributed by atoms with Crippen molar-refractivity contribution in [3.63, 3.8) is 0 Å². The van der Waals surface area contributed by atoms with Gasteiger partial charge in [0.1, 0.15) is 6.04 Å². The van der Waals surface area contributed by atoms with E-state index in [1.807, 2.05) is 0 Å². The molecule has 25 heavy (non-hydrogen) atoms. The Morgan fingerprint density at radius 2 is 1.76 bits per heavy atom. The Hall–Kier alpha value is -0.860. The number of rotatable bonds is 6. The van der Waals surface area contributed by atoms with Gasteiger partial charge in [-0.2, -0.15) is 4.72 Å². The average Bonchev–Trinajstić information content (AvgIpc) is 2.48. The maximum atomic E-state index is 12.6. The molecule has 140 valence electrons. The first-order valence-corrected chi connectivity index (χ1v) is 10.4. The minimum atomic E-state index is -3.98. The molecule has 9 heteroatoms. The zero-order valence-corrected chi connectivity index (χ0v) is 16.5. The van der Waals surface area contributed by atoms with Gasteiger partial charge in [0.05, 0.1) is 4.90 Å². The summed E-state index contributed by atoms with van der Waals surface area (Å²) in [6.07, 6.45) is 3.13. The summed E-state index contributed by atoms with van der Waals surface area (Å²) in [5, 5.41) is 0.392. The second-order valence-electron chi connectivity index (χ2n) is 6.51. The molecule has 1 aliphatic rings. The minimum absolute atomic E-state index is 0.101. The summed E-state index contributed by atoms with van der Waals surface area (Å²) >= 11 is 11.7. The van der Waals surface area contributed by atoms with Crippen LogP contribution in [0.3, 0.4) is 0 Å². The molecule has 1 aromatic carbocycles. The Morgan fingerprint density at radius 1 is 1.24 bits per heavy atom. The van der Waals surface area contributed by atoms with Crippen LogP contribution >= 0.6 is 23.2 Å². The van der Waals surface area contributed by atoms with Crippen LogP contribution in [0.1, 0.15) is 33.1 Å². The van der Waals surface area contributed by atoms with Crippen LogP contribution in [0.2, 0.25) is 10.0 Å². The molecular formula is C16H23Cl2N3O3S. The maximum Gasteiger partial charge on any atom is 0.241 e. The van der Waals surface area contributed by atoms with Gasteiger partial charge in [-0.05, 0) is 44.9 Å². The summed E-state index contributed by atoms with van der Waals surface area (Å²) in [4.78, 5) is 13.9. The minimum Gasteiger partial charge on any atom is -0.368 e. The Balaban J connectivity index is 2.21. The van der Waals surface area contributed by atoms with E-state index in [0.29, 0.717) is 0 Å². The van der Waals surface area contributed by atoms with Crippen LogP contribution in [0.15, 0.2) is 23.1 Å². The fourth-order valence-electron chi connectivity index (χ4n) is 3.17. The van der Waals surface area contributed by atoms with Crippen LogP contribution in [-0.2, 0) is 14.8 Å². The van der Waals surface area contributed by atoms with E-state index < -0.39 is 22.0 Å². The fraction of sp³-hybridized carbons (Fsp3) is 0.562. The second kappa shape index (κ2) is 8.22. The highest BCUT2D eigenvalue weighted by Crippen LogP contribution is 2.24. The summed E-state index contributed by atoms with van der Waals surface area (Å²) in [6, 6.07) is 3.47. The van der Waals surface area contributed by atoms with Crippen molar-refractivity contribution in [3.8, 4) is 0 Å². The number of benzene rings is 1. The lowest BCUT2D eigenvalue weighted by Crippen LogP contribution is -2.55. The number of carbonyl (C=O) groups is 1. The third-order valence-electron chi connectivity index (χ3n) is 4.56. The Bertz CT molecular complexity index is 712. The highest BCUT2D eigenvalue weighted by Gasteiger charge is 2.31. The number of amides is 1. The van der Waals surface area contributed by atoms with Gasteiger partial charge in [0.2, 0.25) is 15.9 Å². The number of piperidine rings is 1. The van der Waals surface area contributed by atoms with Gasteiger partial charge in [0, 0.05) is 28.7 Å². The first-order chi connectivity index (χ1) is 11.6. The van der Waals surface area contributed by atoms with Gasteiger partial charge in [-0.15, -0.1) is 0 Å². The lowest BCUT2D eigenvalue weighted by Gasteiger charge is -2.40. The Morgan fingerprint density at radius 3 is 2.24 bits per heavy atom. The van der Waals surface area contributed by atoms with Crippen LogP contribution in [0, 0.1) is 0 Å². The van der Waals surface area contributed by atoms with Gasteiger partial charge in [-0.25, -0.2) is 8.42 Å². The molecule has 0 aliphatic carbocycles. The molecule has 0 spiro atoms. The Kier molecular flexibility index (Phi) is 6.73. The van der Waals surface area contributed by atoms with Gasteiger partial charge in [-0.1, -0.05) is 29.6 Å². The zero-order chi connectivity index (χ0) is 18.8. The van der Waals surface area contributed by atoms with E-state index >= 15 is 0 Å². The van der Waals surface area contributed by atoms with Crippen molar-refractivity contribution in [2.45, 2.75) is 56.1 Å². The molecule has 1 aromatic rings. The van der Waals surface area contributed by atoms with E-state index in [-0.39, 0.29) is 33.6 Å². The van der Waals surface area contributed by atoms with E-state index in [1.165, 1.54) is 18.2 Å². The smallest absolute Gasteiger partial charge is 0.241 e. The molecule has 3 N–H and O–H groups in total. The summed E-state index contributed by atoms with van der Waals surface area (Å²) < 4.78 is 27.6. The monoisotopic (exact) mass is 407 g/mol. The summed E-state index contributed by atoms with van der Waals surface area (Å²) in [5.74, 6) is -0.721. The molecule has 0 aromatic heterocycles. The quantitative estimate of drug-likeness (QED) is 0.756. The van der Waals surface area contributed by atoms with Crippen molar-refractivity contribution >= 4 is 39.1 Å². The van der Waals surface area contributed by atoms with Crippen molar-refractivity contribution in [1.82, 2.24) is 9.62 Å². The highest BCUT2D eigenvalue weighted by atomic mass is 35.5. The van der Waals surface area contributed by atoms with Crippen LogP contribution in [0.4, 0.5) is 0 Å². The molecule has 3 atom stereocenters. The molecule has 0 bridgehead atoms.